The second-order valence-corrected chi connectivity index (χ2v) is 5.96. The highest BCUT2D eigenvalue weighted by atomic mass is 19.1. The summed E-state index contributed by atoms with van der Waals surface area (Å²) in [5.41, 5.74) is 0.258. The molecular weight excluding hydrogens is 271 g/mol. The third-order valence-electron chi connectivity index (χ3n) is 3.87. The molecule has 1 amide bonds. The van der Waals surface area contributed by atoms with E-state index in [-0.39, 0.29) is 24.3 Å². The number of carbonyl (C=O) groups excluding carboxylic acids is 1. The zero-order chi connectivity index (χ0) is 15.5. The van der Waals surface area contributed by atoms with E-state index in [9.17, 15) is 14.3 Å². The van der Waals surface area contributed by atoms with E-state index in [4.69, 9.17) is 0 Å². The van der Waals surface area contributed by atoms with Gasteiger partial charge in [-0.25, -0.2) is 4.39 Å². The fourth-order valence-corrected chi connectivity index (χ4v) is 2.85. The molecule has 0 aromatic heterocycles. The number of carbonyl (C=O) groups is 1. The smallest absolute Gasteiger partial charge is 0.234 e. The second-order valence-electron chi connectivity index (χ2n) is 5.96. The number of rotatable bonds is 6. The Morgan fingerprint density at radius 3 is 2.62 bits per heavy atom. The summed E-state index contributed by atoms with van der Waals surface area (Å²) in [7, 11) is 0. The third kappa shape index (κ3) is 4.25. The van der Waals surface area contributed by atoms with Crippen molar-refractivity contribution in [2.75, 3.05) is 19.6 Å². The zero-order valence-corrected chi connectivity index (χ0v) is 12.6. The lowest BCUT2D eigenvalue weighted by molar-refractivity contribution is -0.134. The number of likely N-dealkylation sites (tertiary alicyclic amines) is 1. The van der Waals surface area contributed by atoms with Gasteiger partial charge in [0, 0.05) is 13.1 Å². The van der Waals surface area contributed by atoms with E-state index in [1.807, 2.05) is 18.7 Å². The van der Waals surface area contributed by atoms with Crippen molar-refractivity contribution in [1.29, 1.82) is 0 Å². The molecule has 1 aromatic carbocycles. The predicted molar refractivity (Wildman–Crippen MR) is 79.3 cm³/mol. The molecule has 1 saturated heterocycles. The summed E-state index contributed by atoms with van der Waals surface area (Å²) in [4.78, 5) is 13.9. The second kappa shape index (κ2) is 6.54. The number of nitrogens with one attached hydrogen (secondary N) is 1. The molecule has 1 atom stereocenters. The van der Waals surface area contributed by atoms with Crippen LogP contribution >= 0.6 is 0 Å². The van der Waals surface area contributed by atoms with Crippen LogP contribution in [0, 0.1) is 5.82 Å². The first-order chi connectivity index (χ1) is 9.92. The van der Waals surface area contributed by atoms with E-state index in [0.717, 1.165) is 18.4 Å². The first kappa shape index (κ1) is 15.9. The molecule has 0 spiro atoms. The summed E-state index contributed by atoms with van der Waals surface area (Å²) in [5, 5.41) is 13.0. The Bertz CT molecular complexity index is 484. The van der Waals surface area contributed by atoms with Gasteiger partial charge in [0.2, 0.25) is 5.91 Å². The van der Waals surface area contributed by atoms with Crippen molar-refractivity contribution < 1.29 is 14.3 Å². The van der Waals surface area contributed by atoms with Crippen LogP contribution in [0.25, 0.3) is 0 Å². The lowest BCUT2D eigenvalue weighted by Crippen LogP contribution is -2.63. The third-order valence-corrected chi connectivity index (χ3v) is 3.87. The molecule has 1 heterocycles. The SMILES string of the molecule is CCCC1(O)CN(CC(=O)NC(C)c2ccc(F)cc2)C1. The molecule has 116 valence electrons. The number of halogens is 1. The number of benzene rings is 1. The molecule has 4 nitrogen and oxygen atoms in total. The van der Waals surface area contributed by atoms with Crippen LogP contribution in [0.5, 0.6) is 0 Å². The number of nitrogens with zero attached hydrogens (tertiary/aromatic N) is 1. The summed E-state index contributed by atoms with van der Waals surface area (Å²) < 4.78 is 12.9. The van der Waals surface area contributed by atoms with Crippen LogP contribution in [0.3, 0.4) is 0 Å². The fourth-order valence-electron chi connectivity index (χ4n) is 2.85. The van der Waals surface area contributed by atoms with Crippen molar-refractivity contribution in [1.82, 2.24) is 10.2 Å². The van der Waals surface area contributed by atoms with E-state index in [1.54, 1.807) is 12.1 Å². The minimum absolute atomic E-state index is 0.0784. The molecule has 21 heavy (non-hydrogen) atoms. The van der Waals surface area contributed by atoms with Crippen molar-refractivity contribution in [3.63, 3.8) is 0 Å². The molecule has 1 aliphatic heterocycles. The summed E-state index contributed by atoms with van der Waals surface area (Å²) in [6.45, 7) is 5.31. The summed E-state index contributed by atoms with van der Waals surface area (Å²) in [6.07, 6.45) is 1.72. The fraction of sp³-hybridized carbons (Fsp3) is 0.562. The van der Waals surface area contributed by atoms with Crippen molar-refractivity contribution >= 4 is 5.91 Å². The van der Waals surface area contributed by atoms with Crippen LogP contribution in [-0.2, 0) is 4.79 Å². The first-order valence-corrected chi connectivity index (χ1v) is 7.41. The standard InChI is InChI=1S/C16H23FN2O2/c1-3-8-16(21)10-19(11-16)9-15(20)18-12(2)13-4-6-14(17)7-5-13/h4-7,12,21H,3,8-11H2,1-2H3,(H,18,20). The molecular formula is C16H23FN2O2. The van der Waals surface area contributed by atoms with Gasteiger partial charge >= 0.3 is 0 Å². The molecule has 2 N–H and O–H groups in total. The van der Waals surface area contributed by atoms with Gasteiger partial charge in [0.1, 0.15) is 5.82 Å². The van der Waals surface area contributed by atoms with Gasteiger partial charge in [-0.2, -0.15) is 0 Å². The van der Waals surface area contributed by atoms with Crippen molar-refractivity contribution in [2.45, 2.75) is 38.3 Å². The molecule has 5 heteroatoms. The van der Waals surface area contributed by atoms with Crippen LogP contribution in [0.4, 0.5) is 4.39 Å². The van der Waals surface area contributed by atoms with Gasteiger partial charge in [-0.05, 0) is 31.0 Å². The molecule has 2 rings (SSSR count). The Morgan fingerprint density at radius 2 is 2.05 bits per heavy atom. The van der Waals surface area contributed by atoms with E-state index >= 15 is 0 Å². The highest BCUT2D eigenvalue weighted by molar-refractivity contribution is 5.78. The maximum Gasteiger partial charge on any atom is 0.234 e. The van der Waals surface area contributed by atoms with E-state index in [0.29, 0.717) is 13.1 Å². The minimum Gasteiger partial charge on any atom is -0.387 e. The average molecular weight is 294 g/mol. The van der Waals surface area contributed by atoms with Gasteiger partial charge in [-0.3, -0.25) is 9.69 Å². The predicted octanol–water partition coefficient (Wildman–Crippen LogP) is 1.85. The molecule has 1 fully saturated rings. The molecule has 1 aliphatic rings. The number of β-amino-alcohol motifs (C(OH)–C–C–N with tert-alkyl or cyclic N) is 1. The summed E-state index contributed by atoms with van der Waals surface area (Å²) >= 11 is 0. The monoisotopic (exact) mass is 294 g/mol. The Hall–Kier alpha value is -1.46. The van der Waals surface area contributed by atoms with Crippen LogP contribution in [-0.4, -0.2) is 41.1 Å². The zero-order valence-electron chi connectivity index (χ0n) is 12.6. The Labute approximate surface area is 125 Å². The van der Waals surface area contributed by atoms with Gasteiger partial charge in [0.25, 0.3) is 0 Å². The average Bonchev–Trinajstić information content (AvgIpc) is 2.37. The van der Waals surface area contributed by atoms with Gasteiger partial charge in [-0.1, -0.05) is 25.5 Å². The van der Waals surface area contributed by atoms with Gasteiger partial charge in [0.15, 0.2) is 0 Å². The molecule has 1 unspecified atom stereocenters. The lowest BCUT2D eigenvalue weighted by atomic mass is 9.89. The minimum atomic E-state index is -0.613. The normalized spacial score (nSPS) is 18.9. The van der Waals surface area contributed by atoms with Crippen LogP contribution in [0.1, 0.15) is 38.3 Å². The van der Waals surface area contributed by atoms with Crippen molar-refractivity contribution in [2.24, 2.45) is 0 Å². The quantitative estimate of drug-likeness (QED) is 0.842. The van der Waals surface area contributed by atoms with E-state index < -0.39 is 5.60 Å². The Morgan fingerprint density at radius 1 is 1.43 bits per heavy atom. The molecule has 0 saturated carbocycles. The van der Waals surface area contributed by atoms with Gasteiger partial charge in [0.05, 0.1) is 18.2 Å². The highest BCUT2D eigenvalue weighted by Gasteiger charge is 2.40. The van der Waals surface area contributed by atoms with Crippen LogP contribution in [0.15, 0.2) is 24.3 Å². The molecule has 0 radical (unpaired) electrons. The Kier molecular flexibility index (Phi) is 4.96. The number of amides is 1. The molecule has 0 bridgehead atoms. The molecule has 0 aliphatic carbocycles. The maximum absolute atomic E-state index is 12.9. The highest BCUT2D eigenvalue weighted by Crippen LogP contribution is 2.25. The van der Waals surface area contributed by atoms with Crippen molar-refractivity contribution in [3.8, 4) is 0 Å². The topological polar surface area (TPSA) is 52.6 Å². The Balaban J connectivity index is 1.76. The summed E-state index contributed by atoms with van der Waals surface area (Å²) in [6, 6.07) is 5.96. The van der Waals surface area contributed by atoms with Crippen LogP contribution < -0.4 is 5.32 Å². The van der Waals surface area contributed by atoms with Crippen LogP contribution in [0.2, 0.25) is 0 Å². The van der Waals surface area contributed by atoms with Crippen molar-refractivity contribution in [3.05, 3.63) is 35.6 Å². The van der Waals surface area contributed by atoms with Gasteiger partial charge in [-0.15, -0.1) is 0 Å². The van der Waals surface area contributed by atoms with Gasteiger partial charge < -0.3 is 10.4 Å². The number of aliphatic hydroxyl groups is 1. The summed E-state index contributed by atoms with van der Waals surface area (Å²) in [5.74, 6) is -0.363. The largest absolute Gasteiger partial charge is 0.387 e. The number of hydrogen-bond donors (Lipinski definition) is 2. The number of hydrogen-bond acceptors (Lipinski definition) is 3. The maximum atomic E-state index is 12.9. The lowest BCUT2D eigenvalue weighted by Gasteiger charge is -2.46. The first-order valence-electron chi connectivity index (χ1n) is 7.41. The van der Waals surface area contributed by atoms with E-state index in [1.165, 1.54) is 12.1 Å². The van der Waals surface area contributed by atoms with E-state index in [2.05, 4.69) is 5.32 Å². The molecule has 1 aromatic rings.